The van der Waals surface area contributed by atoms with Crippen molar-refractivity contribution >= 4 is 58.0 Å². The first-order valence-electron chi connectivity index (χ1n) is 12.1. The summed E-state index contributed by atoms with van der Waals surface area (Å²) in [6.07, 6.45) is 8.11. The fourth-order valence-electron chi connectivity index (χ4n) is 7.80. The van der Waals surface area contributed by atoms with Gasteiger partial charge in [0, 0.05) is 35.3 Å². The van der Waals surface area contributed by atoms with Crippen LogP contribution in [-0.4, -0.2) is 51.6 Å². The molecule has 8 aliphatic rings. The number of alkyl halides is 2. The Bertz CT molecular complexity index is 828. The SMILES string of the molecule is O=C(Cl)OCCl.O=C(OCCl)OC12CC3CC(C1)C(=O)C(C3)C2.O=C1C2CC3CC1CC(O)(C3)C2. The predicted molar refractivity (Wildman–Crippen MR) is 126 cm³/mol. The molecule has 8 fully saturated rings. The predicted octanol–water partition coefficient (Wildman–Crippen LogP) is 5.17. The number of carbonyl (C=O) groups is 4. The molecule has 196 valence electrons. The summed E-state index contributed by atoms with van der Waals surface area (Å²) < 4.78 is 14.0. The van der Waals surface area contributed by atoms with Crippen molar-refractivity contribution in [2.24, 2.45) is 35.5 Å². The van der Waals surface area contributed by atoms with Gasteiger partial charge >= 0.3 is 11.6 Å². The molecular formula is C24H31Cl3O8. The van der Waals surface area contributed by atoms with Crippen LogP contribution in [0, 0.1) is 35.5 Å². The lowest BCUT2D eigenvalue weighted by molar-refractivity contribution is -0.165. The molecule has 0 aliphatic heterocycles. The number of ether oxygens (including phenoxy) is 3. The highest BCUT2D eigenvalue weighted by Crippen LogP contribution is 2.56. The number of Topliss-reactive ketones (excluding diaryl/α,β-unsaturated/α-hetero) is 2. The molecule has 11 heteroatoms. The minimum atomic E-state index is -0.870. The maximum Gasteiger partial charge on any atom is 0.510 e. The monoisotopic (exact) mass is 552 g/mol. The van der Waals surface area contributed by atoms with E-state index in [4.69, 9.17) is 27.9 Å². The molecule has 0 aromatic carbocycles. The number of hydrogen-bond donors (Lipinski definition) is 1. The second-order valence-electron chi connectivity index (χ2n) is 11.0. The molecule has 1 N–H and O–H groups in total. The van der Waals surface area contributed by atoms with Crippen molar-refractivity contribution in [3.05, 3.63) is 0 Å². The third-order valence-corrected chi connectivity index (χ3v) is 8.87. The van der Waals surface area contributed by atoms with E-state index < -0.39 is 22.8 Å². The second-order valence-corrected chi connectivity index (χ2v) is 11.7. The zero-order valence-corrected chi connectivity index (χ0v) is 21.7. The Kier molecular flexibility index (Phi) is 8.26. The van der Waals surface area contributed by atoms with Crippen LogP contribution in [0.3, 0.4) is 0 Å². The number of hydrogen-bond acceptors (Lipinski definition) is 8. The van der Waals surface area contributed by atoms with Crippen LogP contribution in [0.4, 0.5) is 9.59 Å². The van der Waals surface area contributed by atoms with E-state index in [-0.39, 0.29) is 35.8 Å². The molecule has 8 aliphatic carbocycles. The van der Waals surface area contributed by atoms with E-state index in [9.17, 15) is 24.3 Å². The van der Waals surface area contributed by atoms with Crippen molar-refractivity contribution in [1.82, 2.24) is 0 Å². The standard InChI is InChI=1S/C12H15ClO4.C10H14O2.C2H2Cl2O2/c13-6-16-11(15)17-12-3-7-1-8(4-12)10(14)9(2-7)5-12;11-9-7-1-6-2-8(9)5-10(12,3-6)4-7;3-1-6-2(4)5/h7-9H,1-6H2;6-8,12H,1-5H2;1H2. The van der Waals surface area contributed by atoms with Crippen LogP contribution in [0.25, 0.3) is 0 Å². The average molecular weight is 554 g/mol. The molecule has 0 amide bonds. The molecule has 0 heterocycles. The fraction of sp³-hybridized carbons (Fsp3) is 0.833. The van der Waals surface area contributed by atoms with Crippen LogP contribution in [0.2, 0.25) is 0 Å². The van der Waals surface area contributed by atoms with Gasteiger partial charge in [-0.3, -0.25) is 9.59 Å². The summed E-state index contributed by atoms with van der Waals surface area (Å²) >= 11 is 14.8. The van der Waals surface area contributed by atoms with Crippen molar-refractivity contribution in [1.29, 1.82) is 0 Å². The van der Waals surface area contributed by atoms with Gasteiger partial charge in [0.2, 0.25) is 0 Å². The molecule has 4 atom stereocenters. The van der Waals surface area contributed by atoms with Crippen LogP contribution >= 0.6 is 34.8 Å². The summed E-state index contributed by atoms with van der Waals surface area (Å²) in [5.41, 5.74) is -1.76. The molecule has 4 unspecified atom stereocenters. The van der Waals surface area contributed by atoms with E-state index in [0.717, 1.165) is 51.4 Å². The van der Waals surface area contributed by atoms with E-state index in [0.29, 0.717) is 36.2 Å². The zero-order chi connectivity index (χ0) is 25.4. The molecule has 0 aromatic heterocycles. The van der Waals surface area contributed by atoms with Gasteiger partial charge in [-0.15, -0.1) is 0 Å². The Labute approximate surface area is 219 Å². The first-order valence-corrected chi connectivity index (χ1v) is 13.6. The summed E-state index contributed by atoms with van der Waals surface area (Å²) in [7, 11) is 0. The minimum Gasteiger partial charge on any atom is -0.437 e. The first-order chi connectivity index (χ1) is 16.5. The lowest BCUT2D eigenvalue weighted by atomic mass is 9.53. The van der Waals surface area contributed by atoms with Gasteiger partial charge in [-0.25, -0.2) is 9.59 Å². The number of ketones is 2. The van der Waals surface area contributed by atoms with Crippen LogP contribution in [0.1, 0.15) is 64.2 Å². The minimum absolute atomic E-state index is 0.102. The Morgan fingerprint density at radius 1 is 0.771 bits per heavy atom. The van der Waals surface area contributed by atoms with Gasteiger partial charge < -0.3 is 19.3 Å². The highest BCUT2D eigenvalue weighted by molar-refractivity contribution is 6.61. The van der Waals surface area contributed by atoms with Crippen LogP contribution in [0.15, 0.2) is 0 Å². The van der Waals surface area contributed by atoms with Gasteiger partial charge in [-0.05, 0) is 76.0 Å². The Hall–Kier alpha value is -1.09. The Balaban J connectivity index is 0.000000140. The Morgan fingerprint density at radius 2 is 1.23 bits per heavy atom. The number of rotatable bonds is 3. The first kappa shape index (κ1) is 27.0. The van der Waals surface area contributed by atoms with E-state index in [1.807, 2.05) is 0 Å². The molecule has 8 bridgehead atoms. The van der Waals surface area contributed by atoms with Gasteiger partial charge in [-0.2, -0.15) is 0 Å². The summed E-state index contributed by atoms with van der Waals surface area (Å²) in [5, 5.41) is 10.1. The molecule has 35 heavy (non-hydrogen) atoms. The summed E-state index contributed by atoms with van der Waals surface area (Å²) in [6.45, 7) is 0. The quantitative estimate of drug-likeness (QED) is 0.289. The molecule has 0 spiro atoms. The molecule has 8 rings (SSSR count). The van der Waals surface area contributed by atoms with E-state index >= 15 is 0 Å². The summed E-state index contributed by atoms with van der Waals surface area (Å²) in [6, 6.07) is -0.369. The van der Waals surface area contributed by atoms with Gasteiger partial charge in [-0.1, -0.05) is 23.2 Å². The van der Waals surface area contributed by atoms with Gasteiger partial charge in [0.1, 0.15) is 17.2 Å². The summed E-state index contributed by atoms with van der Waals surface area (Å²) in [4.78, 5) is 44.4. The van der Waals surface area contributed by atoms with Gasteiger partial charge in [0.15, 0.2) is 12.1 Å². The van der Waals surface area contributed by atoms with E-state index in [1.54, 1.807) is 0 Å². The van der Waals surface area contributed by atoms with Crippen LogP contribution < -0.4 is 0 Å². The smallest absolute Gasteiger partial charge is 0.437 e. The van der Waals surface area contributed by atoms with Crippen molar-refractivity contribution in [3.63, 3.8) is 0 Å². The lowest BCUT2D eigenvalue weighted by Gasteiger charge is -2.54. The molecule has 8 saturated carbocycles. The van der Waals surface area contributed by atoms with Crippen molar-refractivity contribution < 1.29 is 38.5 Å². The van der Waals surface area contributed by atoms with Crippen molar-refractivity contribution in [2.45, 2.75) is 75.4 Å². The third kappa shape index (κ3) is 6.08. The van der Waals surface area contributed by atoms with Gasteiger partial charge in [0.25, 0.3) is 0 Å². The molecule has 0 saturated heterocycles. The summed E-state index contributed by atoms with van der Waals surface area (Å²) in [5.74, 6) is 2.68. The second kappa shape index (κ2) is 10.7. The number of carbonyl (C=O) groups excluding carboxylic acids is 4. The maximum absolute atomic E-state index is 11.9. The van der Waals surface area contributed by atoms with Crippen LogP contribution in [0.5, 0.6) is 0 Å². The van der Waals surface area contributed by atoms with E-state index in [1.165, 1.54) is 0 Å². The zero-order valence-electron chi connectivity index (χ0n) is 19.4. The van der Waals surface area contributed by atoms with Gasteiger partial charge in [0.05, 0.1) is 5.60 Å². The highest BCUT2D eigenvalue weighted by atomic mass is 35.5. The van der Waals surface area contributed by atoms with E-state index in [2.05, 4.69) is 21.1 Å². The third-order valence-electron chi connectivity index (χ3n) is 8.54. The molecule has 0 aromatic rings. The van der Waals surface area contributed by atoms with Crippen LogP contribution in [-0.2, 0) is 23.8 Å². The fourth-order valence-corrected chi connectivity index (χ4v) is 8.10. The van der Waals surface area contributed by atoms with Crippen molar-refractivity contribution in [3.8, 4) is 0 Å². The van der Waals surface area contributed by atoms with Crippen molar-refractivity contribution in [2.75, 3.05) is 12.1 Å². The number of halogens is 3. The Morgan fingerprint density at radius 3 is 1.63 bits per heavy atom. The topological polar surface area (TPSA) is 116 Å². The number of aliphatic hydroxyl groups is 1. The molecule has 8 nitrogen and oxygen atoms in total. The lowest BCUT2D eigenvalue weighted by Crippen LogP contribution is -2.56. The normalized spacial score (nSPS) is 41.4. The highest BCUT2D eigenvalue weighted by Gasteiger charge is 2.57. The molecule has 0 radical (unpaired) electrons. The largest absolute Gasteiger partial charge is 0.510 e. The maximum atomic E-state index is 11.9. The molecular weight excluding hydrogens is 523 g/mol. The average Bonchev–Trinajstić information content (AvgIpc) is 2.74.